The standard InChI is InChI=1S/C24H27N3O2/c1-2-6-23(7-3-1)29-24-15-12-21(25-26-24)11-8-20-9-13-22(14-10-20)28-19-18-27-16-4-5-17-27/h1-3,6-7,9-10,12-15H,4-5,8,11,16-19H2. The Labute approximate surface area is 172 Å². The predicted molar refractivity (Wildman–Crippen MR) is 114 cm³/mol. The van der Waals surface area contributed by atoms with Gasteiger partial charge in [-0.25, -0.2) is 0 Å². The minimum absolute atomic E-state index is 0.510. The molecule has 0 unspecified atom stereocenters. The molecular formula is C24H27N3O2. The van der Waals surface area contributed by atoms with Crippen LogP contribution in [0.25, 0.3) is 0 Å². The summed E-state index contributed by atoms with van der Waals surface area (Å²) in [6.07, 6.45) is 4.40. The third-order valence-electron chi connectivity index (χ3n) is 5.13. The van der Waals surface area contributed by atoms with Crippen LogP contribution in [0.5, 0.6) is 17.4 Å². The number of benzene rings is 2. The molecule has 2 heterocycles. The normalized spacial score (nSPS) is 14.1. The largest absolute Gasteiger partial charge is 0.492 e. The van der Waals surface area contributed by atoms with Crippen LogP contribution in [-0.2, 0) is 12.8 Å². The second-order valence-electron chi connectivity index (χ2n) is 7.32. The predicted octanol–water partition coefficient (Wildman–Crippen LogP) is 4.53. The number of aromatic nitrogens is 2. The number of hydrogen-bond donors (Lipinski definition) is 0. The number of likely N-dealkylation sites (tertiary alicyclic amines) is 1. The summed E-state index contributed by atoms with van der Waals surface area (Å²) in [7, 11) is 0. The molecule has 2 aromatic carbocycles. The fourth-order valence-corrected chi connectivity index (χ4v) is 3.47. The molecule has 5 nitrogen and oxygen atoms in total. The van der Waals surface area contributed by atoms with Crippen molar-refractivity contribution >= 4 is 0 Å². The highest BCUT2D eigenvalue weighted by Gasteiger charge is 2.10. The average molecular weight is 389 g/mol. The molecule has 1 fully saturated rings. The van der Waals surface area contributed by atoms with E-state index in [2.05, 4.69) is 39.4 Å². The Balaban J connectivity index is 1.21. The van der Waals surface area contributed by atoms with E-state index in [0.29, 0.717) is 5.88 Å². The van der Waals surface area contributed by atoms with E-state index < -0.39 is 0 Å². The van der Waals surface area contributed by atoms with Gasteiger partial charge in [-0.3, -0.25) is 4.90 Å². The van der Waals surface area contributed by atoms with Crippen molar-refractivity contribution in [1.82, 2.24) is 15.1 Å². The molecule has 0 spiro atoms. The number of ether oxygens (including phenoxy) is 2. The molecule has 0 radical (unpaired) electrons. The van der Waals surface area contributed by atoms with Gasteiger partial charge >= 0.3 is 0 Å². The van der Waals surface area contributed by atoms with E-state index in [-0.39, 0.29) is 0 Å². The SMILES string of the molecule is c1ccc(Oc2ccc(CCc3ccc(OCCN4CCCC4)cc3)nn2)cc1. The van der Waals surface area contributed by atoms with Gasteiger partial charge in [0, 0.05) is 12.6 Å². The third-order valence-corrected chi connectivity index (χ3v) is 5.13. The van der Waals surface area contributed by atoms with Crippen LogP contribution in [0.1, 0.15) is 24.1 Å². The van der Waals surface area contributed by atoms with Crippen molar-refractivity contribution in [3.63, 3.8) is 0 Å². The van der Waals surface area contributed by atoms with Crippen molar-refractivity contribution in [2.75, 3.05) is 26.2 Å². The molecule has 0 saturated carbocycles. The van der Waals surface area contributed by atoms with Crippen molar-refractivity contribution in [3.8, 4) is 17.4 Å². The summed E-state index contributed by atoms with van der Waals surface area (Å²) in [5.41, 5.74) is 2.22. The smallest absolute Gasteiger partial charge is 0.238 e. The monoisotopic (exact) mass is 389 g/mol. The van der Waals surface area contributed by atoms with Gasteiger partial charge in [-0.15, -0.1) is 5.10 Å². The zero-order valence-electron chi connectivity index (χ0n) is 16.7. The highest BCUT2D eigenvalue weighted by Crippen LogP contribution is 2.18. The summed E-state index contributed by atoms with van der Waals surface area (Å²) in [6.45, 7) is 4.20. The lowest BCUT2D eigenvalue weighted by Gasteiger charge is -2.15. The molecule has 0 N–H and O–H groups in total. The van der Waals surface area contributed by atoms with Gasteiger partial charge in [-0.1, -0.05) is 30.3 Å². The van der Waals surface area contributed by atoms with Crippen LogP contribution in [-0.4, -0.2) is 41.3 Å². The fraction of sp³-hybridized carbons (Fsp3) is 0.333. The maximum absolute atomic E-state index is 5.87. The Morgan fingerprint density at radius 1 is 0.759 bits per heavy atom. The van der Waals surface area contributed by atoms with Crippen LogP contribution in [0, 0.1) is 0 Å². The van der Waals surface area contributed by atoms with Gasteiger partial charge < -0.3 is 9.47 Å². The first-order valence-corrected chi connectivity index (χ1v) is 10.3. The van der Waals surface area contributed by atoms with E-state index in [0.717, 1.165) is 43.2 Å². The van der Waals surface area contributed by atoms with Crippen molar-refractivity contribution in [1.29, 1.82) is 0 Å². The molecule has 0 aliphatic carbocycles. The van der Waals surface area contributed by atoms with Gasteiger partial charge in [-0.05, 0) is 74.7 Å². The molecule has 1 aliphatic rings. The first-order chi connectivity index (χ1) is 14.3. The Bertz CT molecular complexity index is 861. The second-order valence-corrected chi connectivity index (χ2v) is 7.32. The lowest BCUT2D eigenvalue weighted by Crippen LogP contribution is -2.25. The van der Waals surface area contributed by atoms with Crippen LogP contribution >= 0.6 is 0 Å². The minimum Gasteiger partial charge on any atom is -0.492 e. The summed E-state index contributed by atoms with van der Waals surface area (Å²) < 4.78 is 11.6. The Hall–Kier alpha value is -2.92. The van der Waals surface area contributed by atoms with Crippen LogP contribution in [0.4, 0.5) is 0 Å². The molecule has 1 saturated heterocycles. The van der Waals surface area contributed by atoms with Crippen LogP contribution in [0.2, 0.25) is 0 Å². The molecule has 0 amide bonds. The fourth-order valence-electron chi connectivity index (χ4n) is 3.47. The molecule has 1 aromatic heterocycles. The highest BCUT2D eigenvalue weighted by atomic mass is 16.5. The molecule has 3 aromatic rings. The number of rotatable bonds is 9. The topological polar surface area (TPSA) is 47.5 Å². The van der Waals surface area contributed by atoms with Crippen LogP contribution in [0.15, 0.2) is 66.7 Å². The van der Waals surface area contributed by atoms with Crippen molar-refractivity contribution in [2.24, 2.45) is 0 Å². The third kappa shape index (κ3) is 6.03. The molecule has 4 rings (SSSR count). The number of aryl methyl sites for hydroxylation is 2. The van der Waals surface area contributed by atoms with Gasteiger partial charge in [0.1, 0.15) is 18.1 Å². The van der Waals surface area contributed by atoms with Gasteiger partial charge in [0.05, 0.1) is 5.69 Å². The van der Waals surface area contributed by atoms with Crippen LogP contribution < -0.4 is 9.47 Å². The van der Waals surface area contributed by atoms with Crippen molar-refractivity contribution < 1.29 is 9.47 Å². The van der Waals surface area contributed by atoms with Crippen LogP contribution in [0.3, 0.4) is 0 Å². The average Bonchev–Trinajstić information content (AvgIpc) is 3.29. The van der Waals surface area contributed by atoms with E-state index >= 15 is 0 Å². The zero-order chi connectivity index (χ0) is 19.7. The van der Waals surface area contributed by atoms with E-state index in [9.17, 15) is 0 Å². The summed E-state index contributed by atoms with van der Waals surface area (Å²) in [5.74, 6) is 2.21. The zero-order valence-corrected chi connectivity index (χ0v) is 16.7. The molecule has 29 heavy (non-hydrogen) atoms. The molecule has 5 heteroatoms. The van der Waals surface area contributed by atoms with Crippen molar-refractivity contribution in [2.45, 2.75) is 25.7 Å². The van der Waals surface area contributed by atoms with Gasteiger partial charge in [-0.2, -0.15) is 5.10 Å². The molecule has 150 valence electrons. The Morgan fingerprint density at radius 2 is 1.55 bits per heavy atom. The van der Waals surface area contributed by atoms with Crippen molar-refractivity contribution in [3.05, 3.63) is 78.0 Å². The van der Waals surface area contributed by atoms with E-state index in [1.54, 1.807) is 0 Å². The lowest BCUT2D eigenvalue weighted by atomic mass is 10.1. The summed E-state index contributed by atoms with van der Waals surface area (Å²) in [4.78, 5) is 2.46. The molecule has 0 bridgehead atoms. The van der Waals surface area contributed by atoms with Gasteiger partial charge in [0.15, 0.2) is 0 Å². The first-order valence-electron chi connectivity index (χ1n) is 10.3. The first kappa shape index (κ1) is 19.4. The highest BCUT2D eigenvalue weighted by molar-refractivity contribution is 5.28. The van der Waals surface area contributed by atoms with E-state index in [1.165, 1.54) is 31.5 Å². The molecular weight excluding hydrogens is 362 g/mol. The number of hydrogen-bond acceptors (Lipinski definition) is 5. The Morgan fingerprint density at radius 3 is 2.28 bits per heavy atom. The minimum atomic E-state index is 0.510. The van der Waals surface area contributed by atoms with Gasteiger partial charge in [0.25, 0.3) is 0 Å². The molecule has 1 aliphatic heterocycles. The molecule has 0 atom stereocenters. The van der Waals surface area contributed by atoms with E-state index in [4.69, 9.17) is 9.47 Å². The number of nitrogens with zero attached hydrogens (tertiary/aromatic N) is 3. The summed E-state index contributed by atoms with van der Waals surface area (Å²) in [6, 6.07) is 21.8. The van der Waals surface area contributed by atoms with E-state index in [1.807, 2.05) is 42.5 Å². The quantitative estimate of drug-likeness (QED) is 0.538. The summed E-state index contributed by atoms with van der Waals surface area (Å²) >= 11 is 0. The summed E-state index contributed by atoms with van der Waals surface area (Å²) in [5, 5.41) is 8.45. The maximum Gasteiger partial charge on any atom is 0.238 e. The Kier molecular flexibility index (Phi) is 6.71. The second kappa shape index (κ2) is 10.0. The lowest BCUT2D eigenvalue weighted by molar-refractivity contribution is 0.238. The maximum atomic E-state index is 5.87. The van der Waals surface area contributed by atoms with Gasteiger partial charge in [0.2, 0.25) is 5.88 Å². The number of para-hydroxylation sites is 1.